The van der Waals surface area contributed by atoms with Gasteiger partial charge in [0.05, 0.1) is 18.9 Å². The Kier molecular flexibility index (Phi) is 3.48. The first kappa shape index (κ1) is 13.0. The van der Waals surface area contributed by atoms with E-state index in [1.165, 1.54) is 18.4 Å². The van der Waals surface area contributed by atoms with E-state index in [4.69, 9.17) is 4.42 Å². The van der Waals surface area contributed by atoms with Gasteiger partial charge >= 0.3 is 0 Å². The largest absolute Gasteiger partial charge is 0.444 e. The van der Waals surface area contributed by atoms with Crippen LogP contribution < -0.4 is 0 Å². The molecule has 112 valence electrons. The maximum absolute atomic E-state index is 5.84. The normalized spacial score (nSPS) is 21.0. The Labute approximate surface area is 124 Å². The van der Waals surface area contributed by atoms with Crippen LogP contribution in [0.15, 0.2) is 23.0 Å². The van der Waals surface area contributed by atoms with Gasteiger partial charge in [-0.15, -0.1) is 0 Å². The lowest BCUT2D eigenvalue weighted by Crippen LogP contribution is -2.45. The van der Waals surface area contributed by atoms with E-state index in [1.807, 2.05) is 18.6 Å². The third-order valence-corrected chi connectivity index (χ3v) is 4.30. The van der Waals surface area contributed by atoms with E-state index in [2.05, 4.69) is 25.0 Å². The third-order valence-electron chi connectivity index (χ3n) is 4.30. The van der Waals surface area contributed by atoms with Crippen LogP contribution in [0, 0.1) is 0 Å². The summed E-state index contributed by atoms with van der Waals surface area (Å²) in [6.45, 7) is 6.22. The maximum atomic E-state index is 5.84. The van der Waals surface area contributed by atoms with Crippen LogP contribution in [0.5, 0.6) is 0 Å². The standard InChI is InChI=1S/C15H21N5O/c1-2-13(1)15-16-9-14(21-15)11-20-5-3-19(4-6-20)10-12-7-17-18-8-12/h7-9,13H,1-6,10-11H2,(H,17,18). The van der Waals surface area contributed by atoms with Crippen LogP contribution in [0.2, 0.25) is 0 Å². The molecule has 0 radical (unpaired) electrons. The Morgan fingerprint density at radius 1 is 1.10 bits per heavy atom. The van der Waals surface area contributed by atoms with Crippen molar-refractivity contribution in [3.8, 4) is 0 Å². The van der Waals surface area contributed by atoms with Gasteiger partial charge in [-0.1, -0.05) is 0 Å². The molecular formula is C15H21N5O. The highest BCUT2D eigenvalue weighted by molar-refractivity contribution is 5.05. The van der Waals surface area contributed by atoms with E-state index >= 15 is 0 Å². The minimum Gasteiger partial charge on any atom is -0.444 e. The fourth-order valence-corrected chi connectivity index (χ4v) is 2.86. The molecule has 6 nitrogen and oxygen atoms in total. The molecule has 1 saturated heterocycles. The van der Waals surface area contributed by atoms with Crippen molar-refractivity contribution in [3.05, 3.63) is 35.8 Å². The summed E-state index contributed by atoms with van der Waals surface area (Å²) < 4.78 is 5.84. The zero-order chi connectivity index (χ0) is 14.1. The minimum atomic E-state index is 0.602. The number of hydrogen-bond donors (Lipinski definition) is 1. The summed E-state index contributed by atoms with van der Waals surface area (Å²) in [4.78, 5) is 9.31. The number of aromatic amines is 1. The van der Waals surface area contributed by atoms with Crippen LogP contribution in [0.3, 0.4) is 0 Å². The summed E-state index contributed by atoms with van der Waals surface area (Å²) in [6, 6.07) is 0. The van der Waals surface area contributed by atoms with Gasteiger partial charge in [-0.25, -0.2) is 4.98 Å². The number of nitrogens with zero attached hydrogens (tertiary/aromatic N) is 4. The van der Waals surface area contributed by atoms with Crippen LogP contribution >= 0.6 is 0 Å². The highest BCUT2D eigenvalue weighted by atomic mass is 16.4. The molecule has 0 unspecified atom stereocenters. The summed E-state index contributed by atoms with van der Waals surface area (Å²) in [5.74, 6) is 2.56. The molecule has 21 heavy (non-hydrogen) atoms. The van der Waals surface area contributed by atoms with Gasteiger partial charge in [0.15, 0.2) is 5.89 Å². The zero-order valence-electron chi connectivity index (χ0n) is 12.2. The predicted octanol–water partition coefficient (Wildman–Crippen LogP) is 1.59. The number of hydrogen-bond acceptors (Lipinski definition) is 5. The van der Waals surface area contributed by atoms with Crippen LogP contribution in [-0.2, 0) is 13.1 Å². The average molecular weight is 287 g/mol. The lowest BCUT2D eigenvalue weighted by molar-refractivity contribution is 0.115. The van der Waals surface area contributed by atoms with E-state index in [9.17, 15) is 0 Å². The second kappa shape index (κ2) is 5.61. The van der Waals surface area contributed by atoms with E-state index in [1.54, 1.807) is 0 Å². The SMILES string of the molecule is c1n[nH]cc1CN1CCN(Cc2cnc(C3CC3)o2)CC1. The fourth-order valence-electron chi connectivity index (χ4n) is 2.86. The summed E-state index contributed by atoms with van der Waals surface area (Å²) in [7, 11) is 0. The van der Waals surface area contributed by atoms with Gasteiger partial charge in [0.25, 0.3) is 0 Å². The molecule has 0 atom stereocenters. The molecule has 2 fully saturated rings. The van der Waals surface area contributed by atoms with Gasteiger partial charge in [0.1, 0.15) is 5.76 Å². The third kappa shape index (κ3) is 3.16. The molecule has 3 heterocycles. The quantitative estimate of drug-likeness (QED) is 0.905. The second-order valence-corrected chi connectivity index (χ2v) is 6.10. The lowest BCUT2D eigenvalue weighted by Gasteiger charge is -2.33. The summed E-state index contributed by atoms with van der Waals surface area (Å²) in [5.41, 5.74) is 1.26. The highest BCUT2D eigenvalue weighted by Gasteiger charge is 2.28. The minimum absolute atomic E-state index is 0.602. The van der Waals surface area contributed by atoms with Crippen molar-refractivity contribution >= 4 is 0 Å². The van der Waals surface area contributed by atoms with Gasteiger partial charge in [-0.3, -0.25) is 14.9 Å². The smallest absolute Gasteiger partial charge is 0.197 e. The van der Waals surface area contributed by atoms with Crippen LogP contribution in [0.4, 0.5) is 0 Å². The Bertz CT molecular complexity index is 567. The molecule has 2 aromatic heterocycles. The van der Waals surface area contributed by atoms with Gasteiger partial charge in [0.2, 0.25) is 0 Å². The number of aromatic nitrogens is 3. The molecule has 0 aromatic carbocycles. The molecule has 1 N–H and O–H groups in total. The van der Waals surface area contributed by atoms with Crippen LogP contribution in [-0.4, -0.2) is 51.2 Å². The molecule has 0 bridgehead atoms. The van der Waals surface area contributed by atoms with E-state index in [-0.39, 0.29) is 0 Å². The average Bonchev–Trinajstić information content (AvgIpc) is 3.03. The molecule has 4 rings (SSSR count). The van der Waals surface area contributed by atoms with E-state index < -0.39 is 0 Å². The number of oxazole rings is 1. The fraction of sp³-hybridized carbons (Fsp3) is 0.600. The van der Waals surface area contributed by atoms with Gasteiger partial charge in [0, 0.05) is 50.4 Å². The van der Waals surface area contributed by atoms with E-state index in [0.717, 1.165) is 50.9 Å². The molecule has 1 saturated carbocycles. The molecule has 1 aliphatic carbocycles. The van der Waals surface area contributed by atoms with Crippen molar-refractivity contribution in [2.75, 3.05) is 26.2 Å². The first-order valence-electron chi connectivity index (χ1n) is 7.74. The number of rotatable bonds is 5. The van der Waals surface area contributed by atoms with Gasteiger partial charge in [-0.2, -0.15) is 5.10 Å². The summed E-state index contributed by atoms with van der Waals surface area (Å²) in [5, 5.41) is 6.87. The summed E-state index contributed by atoms with van der Waals surface area (Å²) >= 11 is 0. The van der Waals surface area contributed by atoms with Crippen LogP contribution in [0.25, 0.3) is 0 Å². The lowest BCUT2D eigenvalue weighted by atomic mass is 10.2. The monoisotopic (exact) mass is 287 g/mol. The zero-order valence-corrected chi connectivity index (χ0v) is 12.2. The Balaban J connectivity index is 1.26. The maximum Gasteiger partial charge on any atom is 0.197 e. The van der Waals surface area contributed by atoms with Crippen molar-refractivity contribution in [2.24, 2.45) is 0 Å². The Hall–Kier alpha value is -1.66. The summed E-state index contributed by atoms with van der Waals surface area (Å²) in [6.07, 6.45) is 8.27. The molecular weight excluding hydrogens is 266 g/mol. The van der Waals surface area contributed by atoms with Crippen LogP contribution in [0.1, 0.15) is 36.0 Å². The van der Waals surface area contributed by atoms with Crippen molar-refractivity contribution < 1.29 is 4.42 Å². The molecule has 2 aliphatic rings. The van der Waals surface area contributed by atoms with Gasteiger partial charge < -0.3 is 4.42 Å². The van der Waals surface area contributed by atoms with E-state index in [0.29, 0.717) is 5.92 Å². The van der Waals surface area contributed by atoms with Crippen molar-refractivity contribution in [1.29, 1.82) is 0 Å². The molecule has 0 spiro atoms. The molecule has 0 amide bonds. The highest BCUT2D eigenvalue weighted by Crippen LogP contribution is 2.39. The topological polar surface area (TPSA) is 61.2 Å². The molecule has 2 aromatic rings. The predicted molar refractivity (Wildman–Crippen MR) is 77.6 cm³/mol. The first-order valence-corrected chi connectivity index (χ1v) is 7.74. The number of H-pyrrole nitrogens is 1. The first-order chi connectivity index (χ1) is 10.4. The van der Waals surface area contributed by atoms with Crippen molar-refractivity contribution in [2.45, 2.75) is 31.8 Å². The van der Waals surface area contributed by atoms with Crippen molar-refractivity contribution in [1.82, 2.24) is 25.0 Å². The Morgan fingerprint density at radius 3 is 2.52 bits per heavy atom. The molecule has 6 heteroatoms. The number of piperazine rings is 1. The van der Waals surface area contributed by atoms with Crippen molar-refractivity contribution in [3.63, 3.8) is 0 Å². The van der Waals surface area contributed by atoms with Gasteiger partial charge in [-0.05, 0) is 12.8 Å². The number of nitrogens with one attached hydrogen (secondary N) is 1. The molecule has 1 aliphatic heterocycles. The Morgan fingerprint density at radius 2 is 1.86 bits per heavy atom. The second-order valence-electron chi connectivity index (χ2n) is 6.10.